The van der Waals surface area contributed by atoms with E-state index < -0.39 is 23.2 Å². The minimum atomic E-state index is -0.652. The molecular weight excluding hydrogens is 268 g/mol. The number of amides is 1. The average molecular weight is 294 g/mol. The lowest BCUT2D eigenvalue weighted by atomic mass is 9.83. The van der Waals surface area contributed by atoms with E-state index in [0.29, 0.717) is 5.69 Å². The SMILES string of the molecule is Cn1cccc1C(=O)C(NC(=O)OC(C)(C)C)C(C)(C)C. The summed E-state index contributed by atoms with van der Waals surface area (Å²) < 4.78 is 7.00. The van der Waals surface area contributed by atoms with Gasteiger partial charge in [-0.1, -0.05) is 20.8 Å². The zero-order chi connectivity index (χ0) is 16.4. The van der Waals surface area contributed by atoms with Crippen LogP contribution < -0.4 is 5.32 Å². The third-order valence-electron chi connectivity index (χ3n) is 2.99. The lowest BCUT2D eigenvalue weighted by molar-refractivity contribution is 0.0444. The number of hydrogen-bond donors (Lipinski definition) is 1. The van der Waals surface area contributed by atoms with Gasteiger partial charge >= 0.3 is 6.09 Å². The Balaban J connectivity index is 2.96. The number of carbonyl (C=O) groups is 2. The Morgan fingerprint density at radius 2 is 1.76 bits per heavy atom. The Labute approximate surface area is 126 Å². The van der Waals surface area contributed by atoms with Crippen molar-refractivity contribution in [2.24, 2.45) is 12.5 Å². The molecule has 0 bridgehead atoms. The number of rotatable bonds is 3. The van der Waals surface area contributed by atoms with Crippen molar-refractivity contribution in [2.75, 3.05) is 0 Å². The van der Waals surface area contributed by atoms with Gasteiger partial charge in [0.2, 0.25) is 5.78 Å². The van der Waals surface area contributed by atoms with E-state index in [1.54, 1.807) is 50.7 Å². The van der Waals surface area contributed by atoms with Gasteiger partial charge in [-0.25, -0.2) is 4.79 Å². The molecule has 0 fully saturated rings. The van der Waals surface area contributed by atoms with Crippen LogP contribution in [-0.2, 0) is 11.8 Å². The van der Waals surface area contributed by atoms with Crippen molar-refractivity contribution in [3.8, 4) is 0 Å². The molecule has 0 radical (unpaired) electrons. The quantitative estimate of drug-likeness (QED) is 0.871. The zero-order valence-electron chi connectivity index (χ0n) is 14.0. The molecule has 1 aromatic rings. The average Bonchev–Trinajstić information content (AvgIpc) is 2.67. The second kappa shape index (κ2) is 5.92. The largest absolute Gasteiger partial charge is 0.444 e. The second-order valence-corrected chi connectivity index (χ2v) is 7.31. The summed E-state index contributed by atoms with van der Waals surface area (Å²) in [5, 5.41) is 2.70. The summed E-state index contributed by atoms with van der Waals surface area (Å²) in [4.78, 5) is 24.7. The van der Waals surface area contributed by atoms with Crippen molar-refractivity contribution in [2.45, 2.75) is 53.2 Å². The summed E-state index contributed by atoms with van der Waals surface area (Å²) in [5.41, 5.74) is -0.454. The minimum Gasteiger partial charge on any atom is -0.444 e. The van der Waals surface area contributed by atoms with Gasteiger partial charge in [-0.2, -0.15) is 0 Å². The summed E-state index contributed by atoms with van der Waals surface area (Å²) >= 11 is 0. The van der Waals surface area contributed by atoms with Crippen LogP contribution in [0, 0.1) is 5.41 Å². The van der Waals surface area contributed by atoms with Gasteiger partial charge in [0.05, 0.1) is 5.69 Å². The van der Waals surface area contributed by atoms with E-state index >= 15 is 0 Å². The first-order valence-electron chi connectivity index (χ1n) is 7.07. The number of aryl methyl sites for hydroxylation is 1. The molecule has 0 spiro atoms. The first kappa shape index (κ1) is 17.3. The molecule has 1 unspecified atom stereocenters. The Hall–Kier alpha value is -1.78. The van der Waals surface area contributed by atoms with Crippen molar-refractivity contribution >= 4 is 11.9 Å². The number of nitrogens with one attached hydrogen (secondary N) is 1. The second-order valence-electron chi connectivity index (χ2n) is 7.31. The highest BCUT2D eigenvalue weighted by Crippen LogP contribution is 2.23. The number of hydrogen-bond acceptors (Lipinski definition) is 3. The molecule has 21 heavy (non-hydrogen) atoms. The van der Waals surface area contributed by atoms with Crippen LogP contribution in [0.3, 0.4) is 0 Å². The van der Waals surface area contributed by atoms with Crippen molar-refractivity contribution in [3.63, 3.8) is 0 Å². The standard InChI is InChI=1S/C16H26N2O3/c1-15(2,3)13(17-14(20)21-16(4,5)6)12(19)11-9-8-10-18(11)7/h8-10,13H,1-7H3,(H,17,20). The molecule has 5 nitrogen and oxygen atoms in total. The van der Waals surface area contributed by atoms with Crippen LogP contribution in [0.1, 0.15) is 52.0 Å². The molecule has 1 heterocycles. The van der Waals surface area contributed by atoms with Gasteiger partial charge in [-0.3, -0.25) is 4.79 Å². The van der Waals surface area contributed by atoms with Gasteiger partial charge in [-0.15, -0.1) is 0 Å². The molecule has 0 saturated carbocycles. The summed E-state index contributed by atoms with van der Waals surface area (Å²) in [6, 6.07) is 2.90. The number of alkyl carbamates (subject to hydrolysis) is 1. The lowest BCUT2D eigenvalue weighted by Crippen LogP contribution is -2.50. The molecule has 118 valence electrons. The van der Waals surface area contributed by atoms with E-state index in [2.05, 4.69) is 5.32 Å². The predicted octanol–water partition coefficient (Wildman–Crippen LogP) is 3.15. The van der Waals surface area contributed by atoms with Gasteiger partial charge < -0.3 is 14.6 Å². The van der Waals surface area contributed by atoms with Gasteiger partial charge in [-0.05, 0) is 38.3 Å². The van der Waals surface area contributed by atoms with Crippen molar-refractivity contribution in [3.05, 3.63) is 24.0 Å². The van der Waals surface area contributed by atoms with E-state index in [4.69, 9.17) is 4.74 Å². The third kappa shape index (κ3) is 4.92. The Kier molecular flexibility index (Phi) is 4.87. The molecule has 0 aromatic carbocycles. The first-order chi connectivity index (χ1) is 9.42. The van der Waals surface area contributed by atoms with Gasteiger partial charge in [0, 0.05) is 13.2 Å². The molecule has 1 N–H and O–H groups in total. The van der Waals surface area contributed by atoms with E-state index in [1.165, 1.54) is 0 Å². The number of ether oxygens (including phenoxy) is 1. The van der Waals surface area contributed by atoms with Crippen molar-refractivity contribution in [1.29, 1.82) is 0 Å². The molecule has 0 aliphatic rings. The number of Topliss-reactive ketones (excluding diaryl/α,β-unsaturated/α-hetero) is 1. The molecule has 0 saturated heterocycles. The van der Waals surface area contributed by atoms with E-state index in [0.717, 1.165) is 0 Å². The fourth-order valence-electron chi connectivity index (χ4n) is 1.97. The first-order valence-corrected chi connectivity index (χ1v) is 7.07. The van der Waals surface area contributed by atoms with Crippen molar-refractivity contribution < 1.29 is 14.3 Å². The number of carbonyl (C=O) groups excluding carboxylic acids is 2. The smallest absolute Gasteiger partial charge is 0.408 e. The molecule has 5 heteroatoms. The van der Waals surface area contributed by atoms with Crippen LogP contribution in [-0.4, -0.2) is 28.1 Å². The number of ketones is 1. The summed E-state index contributed by atoms with van der Waals surface area (Å²) in [6.45, 7) is 11.1. The maximum absolute atomic E-state index is 12.7. The monoisotopic (exact) mass is 294 g/mol. The molecule has 0 aliphatic carbocycles. The van der Waals surface area contributed by atoms with Crippen LogP contribution in [0.5, 0.6) is 0 Å². The van der Waals surface area contributed by atoms with Gasteiger partial charge in [0.15, 0.2) is 0 Å². The van der Waals surface area contributed by atoms with E-state index in [-0.39, 0.29) is 5.78 Å². The van der Waals surface area contributed by atoms with E-state index in [1.807, 2.05) is 20.8 Å². The molecule has 1 aromatic heterocycles. The number of nitrogens with zero attached hydrogens (tertiary/aromatic N) is 1. The topological polar surface area (TPSA) is 60.3 Å². The van der Waals surface area contributed by atoms with Crippen LogP contribution in [0.25, 0.3) is 0 Å². The molecule has 0 aliphatic heterocycles. The fourth-order valence-corrected chi connectivity index (χ4v) is 1.97. The molecule has 1 rings (SSSR count). The highest BCUT2D eigenvalue weighted by molar-refractivity contribution is 6.00. The van der Waals surface area contributed by atoms with Crippen molar-refractivity contribution in [1.82, 2.24) is 9.88 Å². The fraction of sp³-hybridized carbons (Fsp3) is 0.625. The highest BCUT2D eigenvalue weighted by Gasteiger charge is 2.35. The lowest BCUT2D eigenvalue weighted by Gasteiger charge is -2.31. The molecule has 1 atom stereocenters. The van der Waals surface area contributed by atoms with Crippen LogP contribution in [0.15, 0.2) is 18.3 Å². The zero-order valence-corrected chi connectivity index (χ0v) is 14.0. The predicted molar refractivity (Wildman–Crippen MR) is 82.4 cm³/mol. The summed E-state index contributed by atoms with van der Waals surface area (Å²) in [7, 11) is 1.81. The molecule has 1 amide bonds. The Morgan fingerprint density at radius 3 is 2.14 bits per heavy atom. The van der Waals surface area contributed by atoms with E-state index in [9.17, 15) is 9.59 Å². The van der Waals surface area contributed by atoms with Crippen LogP contribution in [0.2, 0.25) is 0 Å². The molecular formula is C16H26N2O3. The maximum atomic E-state index is 12.7. The Morgan fingerprint density at radius 1 is 1.19 bits per heavy atom. The number of aromatic nitrogens is 1. The normalized spacial score (nSPS) is 13.7. The maximum Gasteiger partial charge on any atom is 0.408 e. The summed E-state index contributed by atoms with van der Waals surface area (Å²) in [5.74, 6) is -0.124. The van der Waals surface area contributed by atoms with Crippen LogP contribution in [0.4, 0.5) is 4.79 Å². The highest BCUT2D eigenvalue weighted by atomic mass is 16.6. The van der Waals surface area contributed by atoms with Crippen LogP contribution >= 0.6 is 0 Å². The van der Waals surface area contributed by atoms with Gasteiger partial charge in [0.1, 0.15) is 11.6 Å². The minimum absolute atomic E-state index is 0.124. The third-order valence-corrected chi connectivity index (χ3v) is 2.99. The summed E-state index contributed by atoms with van der Waals surface area (Å²) in [6.07, 6.45) is 1.23. The van der Waals surface area contributed by atoms with Gasteiger partial charge in [0.25, 0.3) is 0 Å². The Bertz CT molecular complexity index is 518.